The number of nitrogens with one attached hydrogen (secondary N) is 2. The van der Waals surface area contributed by atoms with Crippen LogP contribution in [0, 0.1) is 5.82 Å². The Balaban J connectivity index is 1.84. The van der Waals surface area contributed by atoms with E-state index in [1.165, 1.54) is 24.4 Å². The van der Waals surface area contributed by atoms with E-state index in [0.29, 0.717) is 17.3 Å². The number of hydrogen-bond acceptors (Lipinski definition) is 4. The van der Waals surface area contributed by atoms with Crippen molar-refractivity contribution < 1.29 is 13.9 Å². The molecule has 1 aromatic heterocycles. The van der Waals surface area contributed by atoms with Crippen molar-refractivity contribution in [3.8, 4) is 16.9 Å². The first-order valence-corrected chi connectivity index (χ1v) is 8.90. The van der Waals surface area contributed by atoms with Gasteiger partial charge in [-0.15, -0.1) is 11.8 Å². The highest BCUT2D eigenvalue weighted by atomic mass is 32.2. The van der Waals surface area contributed by atoms with Gasteiger partial charge in [-0.2, -0.15) is 5.10 Å². The lowest BCUT2D eigenvalue weighted by Gasteiger charge is -2.12. The van der Waals surface area contributed by atoms with Crippen molar-refractivity contribution in [2.24, 2.45) is 0 Å². The van der Waals surface area contributed by atoms with Gasteiger partial charge in [-0.05, 0) is 36.1 Å². The van der Waals surface area contributed by atoms with Gasteiger partial charge in [0.15, 0.2) is 0 Å². The quantitative estimate of drug-likeness (QED) is 0.650. The average Bonchev–Trinajstić information content (AvgIpc) is 3.17. The van der Waals surface area contributed by atoms with Crippen LogP contribution in [0.4, 0.5) is 10.1 Å². The van der Waals surface area contributed by atoms with Crippen LogP contribution in [0.3, 0.4) is 0 Å². The summed E-state index contributed by atoms with van der Waals surface area (Å²) in [4.78, 5) is 12.0. The Labute approximate surface area is 148 Å². The summed E-state index contributed by atoms with van der Waals surface area (Å²) in [6, 6.07) is 13.6. The van der Waals surface area contributed by atoms with Crippen molar-refractivity contribution in [1.82, 2.24) is 10.2 Å². The molecule has 2 aromatic carbocycles. The molecule has 0 aliphatic heterocycles. The number of thioether (sulfide) groups is 1. The van der Waals surface area contributed by atoms with Crippen LogP contribution in [-0.2, 0) is 0 Å². The lowest BCUT2D eigenvalue weighted by atomic mass is 10.0. The highest BCUT2D eigenvalue weighted by Crippen LogP contribution is 2.32. The number of nitrogens with zero attached hydrogens (tertiary/aromatic N) is 1. The average molecular weight is 357 g/mol. The van der Waals surface area contributed by atoms with Crippen LogP contribution in [0.2, 0.25) is 0 Å². The minimum atomic E-state index is -0.523. The van der Waals surface area contributed by atoms with Gasteiger partial charge >= 0.3 is 0 Å². The maximum Gasteiger partial charge on any atom is 0.273 e. The first-order chi connectivity index (χ1) is 12.2. The number of carbonyl (C=O) groups is 1. The Morgan fingerprint density at radius 1 is 1.28 bits per heavy atom. The zero-order valence-electron chi connectivity index (χ0n) is 13.5. The number of para-hydroxylation sites is 1. The topological polar surface area (TPSA) is 67.0 Å². The third-order valence-corrected chi connectivity index (χ3v) is 3.85. The Morgan fingerprint density at radius 2 is 2.12 bits per heavy atom. The lowest BCUT2D eigenvalue weighted by Crippen LogP contribution is -2.13. The Kier molecular flexibility index (Phi) is 5.35. The predicted octanol–water partition coefficient (Wildman–Crippen LogP) is 4.17. The first kappa shape index (κ1) is 17.0. The number of anilines is 1. The van der Waals surface area contributed by atoms with Gasteiger partial charge in [-0.1, -0.05) is 24.3 Å². The van der Waals surface area contributed by atoms with Gasteiger partial charge in [0, 0.05) is 11.8 Å². The lowest BCUT2D eigenvalue weighted by molar-refractivity contribution is 0.102. The molecule has 3 aromatic rings. The van der Waals surface area contributed by atoms with E-state index in [9.17, 15) is 9.18 Å². The Morgan fingerprint density at radius 3 is 2.84 bits per heavy atom. The summed E-state index contributed by atoms with van der Waals surface area (Å²) in [5, 5.41) is 8.76. The SMILES string of the molecule is CSCOc1ccccc1-c1ccc(NC(=O)c2ccn[nH]2)c(F)c1. The predicted molar refractivity (Wildman–Crippen MR) is 97.4 cm³/mol. The molecule has 1 amide bonds. The molecule has 3 rings (SSSR count). The Bertz CT molecular complexity index is 869. The van der Waals surface area contributed by atoms with E-state index in [2.05, 4.69) is 15.5 Å². The number of H-pyrrole nitrogens is 1. The number of amides is 1. The van der Waals surface area contributed by atoms with E-state index in [-0.39, 0.29) is 11.4 Å². The van der Waals surface area contributed by atoms with Crippen molar-refractivity contribution in [3.05, 3.63) is 66.2 Å². The van der Waals surface area contributed by atoms with Crippen LogP contribution in [-0.4, -0.2) is 28.3 Å². The molecule has 7 heteroatoms. The van der Waals surface area contributed by atoms with Crippen LogP contribution in [0.1, 0.15) is 10.5 Å². The summed E-state index contributed by atoms with van der Waals surface area (Å²) >= 11 is 1.56. The van der Waals surface area contributed by atoms with Crippen molar-refractivity contribution in [2.45, 2.75) is 0 Å². The van der Waals surface area contributed by atoms with Crippen LogP contribution >= 0.6 is 11.8 Å². The smallest absolute Gasteiger partial charge is 0.273 e. The maximum atomic E-state index is 14.4. The molecule has 0 radical (unpaired) electrons. The molecule has 0 saturated carbocycles. The van der Waals surface area contributed by atoms with Crippen molar-refractivity contribution >= 4 is 23.4 Å². The second-order valence-electron chi connectivity index (χ2n) is 5.17. The molecule has 0 spiro atoms. The molecule has 5 nitrogen and oxygen atoms in total. The second-order valence-corrected chi connectivity index (χ2v) is 5.98. The molecule has 0 atom stereocenters. The molecule has 2 N–H and O–H groups in total. The summed E-state index contributed by atoms with van der Waals surface area (Å²) in [7, 11) is 0. The van der Waals surface area contributed by atoms with E-state index < -0.39 is 11.7 Å². The zero-order valence-corrected chi connectivity index (χ0v) is 14.3. The van der Waals surface area contributed by atoms with Crippen LogP contribution in [0.15, 0.2) is 54.7 Å². The van der Waals surface area contributed by atoms with Gasteiger partial charge in [0.05, 0.1) is 5.69 Å². The van der Waals surface area contributed by atoms with Gasteiger partial charge in [-0.25, -0.2) is 4.39 Å². The zero-order chi connectivity index (χ0) is 17.6. The number of benzene rings is 2. The number of ether oxygens (including phenoxy) is 1. The number of halogens is 1. The van der Waals surface area contributed by atoms with Crippen molar-refractivity contribution in [3.63, 3.8) is 0 Å². The summed E-state index contributed by atoms with van der Waals surface area (Å²) in [5.74, 6) is 0.223. The van der Waals surface area contributed by atoms with Crippen LogP contribution in [0.5, 0.6) is 5.75 Å². The largest absolute Gasteiger partial charge is 0.482 e. The number of aromatic nitrogens is 2. The molecule has 1 heterocycles. The van der Waals surface area contributed by atoms with Gasteiger partial charge in [0.2, 0.25) is 0 Å². The number of rotatable bonds is 6. The molecular formula is C18H16FN3O2S. The second kappa shape index (κ2) is 7.85. The number of aromatic amines is 1. The van der Waals surface area contributed by atoms with Gasteiger partial charge in [-0.3, -0.25) is 9.89 Å². The van der Waals surface area contributed by atoms with Crippen LogP contribution < -0.4 is 10.1 Å². The summed E-state index contributed by atoms with van der Waals surface area (Å²) in [5.41, 5.74) is 1.83. The van der Waals surface area contributed by atoms with Gasteiger partial charge in [0.1, 0.15) is 23.2 Å². The normalized spacial score (nSPS) is 10.5. The van der Waals surface area contributed by atoms with E-state index in [1.54, 1.807) is 17.8 Å². The minimum Gasteiger partial charge on any atom is -0.482 e. The van der Waals surface area contributed by atoms with Crippen molar-refractivity contribution in [2.75, 3.05) is 17.5 Å². The summed E-state index contributed by atoms with van der Waals surface area (Å²) < 4.78 is 20.1. The highest BCUT2D eigenvalue weighted by molar-refractivity contribution is 7.98. The molecule has 0 aliphatic rings. The van der Waals surface area contributed by atoms with Crippen molar-refractivity contribution in [1.29, 1.82) is 0 Å². The fraction of sp³-hybridized carbons (Fsp3) is 0.111. The number of carbonyl (C=O) groups excluding carboxylic acids is 1. The molecule has 0 bridgehead atoms. The van der Waals surface area contributed by atoms with E-state index in [0.717, 1.165) is 5.56 Å². The molecule has 0 fully saturated rings. The van der Waals surface area contributed by atoms with E-state index in [4.69, 9.17) is 4.74 Å². The number of hydrogen-bond donors (Lipinski definition) is 2. The summed E-state index contributed by atoms with van der Waals surface area (Å²) in [6.07, 6.45) is 3.40. The van der Waals surface area contributed by atoms with Gasteiger partial charge in [0.25, 0.3) is 5.91 Å². The minimum absolute atomic E-state index is 0.103. The standard InChI is InChI=1S/C18H16FN3O2S/c1-25-11-24-17-5-3-2-4-13(17)12-6-7-15(14(19)10-12)21-18(23)16-8-9-20-22-16/h2-10H,11H2,1H3,(H,20,22)(H,21,23). The first-order valence-electron chi connectivity index (χ1n) is 7.50. The molecule has 0 saturated heterocycles. The third-order valence-electron chi connectivity index (χ3n) is 3.49. The molecule has 0 aliphatic carbocycles. The molecular weight excluding hydrogens is 341 g/mol. The van der Waals surface area contributed by atoms with E-state index in [1.807, 2.05) is 30.5 Å². The maximum absolute atomic E-state index is 14.4. The third kappa shape index (κ3) is 4.00. The molecule has 0 unspecified atom stereocenters. The monoisotopic (exact) mass is 357 g/mol. The fourth-order valence-electron chi connectivity index (χ4n) is 2.31. The van der Waals surface area contributed by atoms with Crippen LogP contribution in [0.25, 0.3) is 11.1 Å². The fourth-order valence-corrected chi connectivity index (χ4v) is 2.55. The van der Waals surface area contributed by atoms with E-state index >= 15 is 0 Å². The van der Waals surface area contributed by atoms with Gasteiger partial charge < -0.3 is 10.1 Å². The summed E-state index contributed by atoms with van der Waals surface area (Å²) in [6.45, 7) is 0. The Hall–Kier alpha value is -2.80. The molecule has 25 heavy (non-hydrogen) atoms. The highest BCUT2D eigenvalue weighted by Gasteiger charge is 2.13. The molecule has 128 valence electrons.